The SMILES string of the molecule is Cc1ccc(-c2cc(F)cc(Cl)c2N)c(F)c1F. The van der Waals surface area contributed by atoms with Crippen molar-refractivity contribution < 1.29 is 13.2 Å². The molecule has 0 fully saturated rings. The zero-order chi connectivity index (χ0) is 13.4. The van der Waals surface area contributed by atoms with E-state index in [-0.39, 0.29) is 27.4 Å². The Morgan fingerprint density at radius 1 is 1.00 bits per heavy atom. The van der Waals surface area contributed by atoms with Crippen LogP contribution < -0.4 is 5.73 Å². The predicted octanol–water partition coefficient (Wildman–Crippen LogP) is 4.31. The van der Waals surface area contributed by atoms with Crippen molar-refractivity contribution in [2.24, 2.45) is 0 Å². The van der Waals surface area contributed by atoms with Crippen LogP contribution in [0.15, 0.2) is 24.3 Å². The minimum atomic E-state index is -1.07. The summed E-state index contributed by atoms with van der Waals surface area (Å²) in [5.41, 5.74) is 5.76. The first-order valence-corrected chi connectivity index (χ1v) is 5.49. The van der Waals surface area contributed by atoms with Gasteiger partial charge in [0.25, 0.3) is 0 Å². The van der Waals surface area contributed by atoms with Gasteiger partial charge in [0.2, 0.25) is 0 Å². The maximum Gasteiger partial charge on any atom is 0.166 e. The van der Waals surface area contributed by atoms with Crippen molar-refractivity contribution in [2.45, 2.75) is 6.92 Å². The molecular formula is C13H9ClF3N. The Hall–Kier alpha value is -1.68. The van der Waals surface area contributed by atoms with Crippen LogP contribution >= 0.6 is 11.6 Å². The van der Waals surface area contributed by atoms with E-state index in [4.69, 9.17) is 17.3 Å². The number of nitrogen functional groups attached to an aromatic ring is 1. The number of anilines is 1. The molecule has 94 valence electrons. The highest BCUT2D eigenvalue weighted by Gasteiger charge is 2.16. The molecule has 0 amide bonds. The van der Waals surface area contributed by atoms with E-state index in [9.17, 15) is 13.2 Å². The van der Waals surface area contributed by atoms with Crippen molar-refractivity contribution in [3.8, 4) is 11.1 Å². The molecule has 0 aromatic heterocycles. The highest BCUT2D eigenvalue weighted by Crippen LogP contribution is 2.35. The maximum absolute atomic E-state index is 13.8. The van der Waals surface area contributed by atoms with Gasteiger partial charge in [0.05, 0.1) is 10.7 Å². The van der Waals surface area contributed by atoms with E-state index in [2.05, 4.69) is 0 Å². The normalized spacial score (nSPS) is 10.7. The van der Waals surface area contributed by atoms with Crippen molar-refractivity contribution in [1.29, 1.82) is 0 Å². The van der Waals surface area contributed by atoms with E-state index in [1.165, 1.54) is 19.1 Å². The number of nitrogens with two attached hydrogens (primary N) is 1. The Labute approximate surface area is 107 Å². The maximum atomic E-state index is 13.8. The van der Waals surface area contributed by atoms with Gasteiger partial charge < -0.3 is 5.73 Å². The van der Waals surface area contributed by atoms with Crippen molar-refractivity contribution in [3.05, 3.63) is 52.3 Å². The van der Waals surface area contributed by atoms with Crippen LogP contribution in [-0.2, 0) is 0 Å². The smallest absolute Gasteiger partial charge is 0.166 e. The molecule has 0 spiro atoms. The molecule has 2 aromatic carbocycles. The topological polar surface area (TPSA) is 26.0 Å². The third kappa shape index (κ3) is 2.04. The molecule has 0 bridgehead atoms. The van der Waals surface area contributed by atoms with Gasteiger partial charge in [0, 0.05) is 11.1 Å². The molecule has 0 saturated heterocycles. The summed E-state index contributed by atoms with van der Waals surface area (Å²) in [6.07, 6.45) is 0. The number of hydrogen-bond acceptors (Lipinski definition) is 1. The average Bonchev–Trinajstić information content (AvgIpc) is 2.31. The van der Waals surface area contributed by atoms with Crippen LogP contribution in [0.5, 0.6) is 0 Å². The molecule has 0 saturated carbocycles. The molecule has 2 aromatic rings. The minimum absolute atomic E-state index is 0.0141. The molecule has 0 radical (unpaired) electrons. The summed E-state index contributed by atoms with van der Waals surface area (Å²) < 4.78 is 40.5. The van der Waals surface area contributed by atoms with Crippen molar-refractivity contribution in [3.63, 3.8) is 0 Å². The summed E-state index contributed by atoms with van der Waals surface area (Å²) in [6, 6.07) is 4.78. The molecule has 1 nitrogen and oxygen atoms in total. The van der Waals surface area contributed by atoms with Crippen LogP contribution in [0.25, 0.3) is 11.1 Å². The largest absolute Gasteiger partial charge is 0.397 e. The lowest BCUT2D eigenvalue weighted by Gasteiger charge is -2.10. The van der Waals surface area contributed by atoms with Gasteiger partial charge in [-0.2, -0.15) is 0 Å². The quantitative estimate of drug-likeness (QED) is 0.768. The third-order valence-electron chi connectivity index (χ3n) is 2.66. The second-order valence-electron chi connectivity index (χ2n) is 3.91. The van der Waals surface area contributed by atoms with E-state index >= 15 is 0 Å². The molecule has 0 aliphatic heterocycles. The van der Waals surface area contributed by atoms with Gasteiger partial charge >= 0.3 is 0 Å². The lowest BCUT2D eigenvalue weighted by molar-refractivity contribution is 0.505. The molecule has 0 aliphatic carbocycles. The predicted molar refractivity (Wildman–Crippen MR) is 65.9 cm³/mol. The molecule has 0 heterocycles. The molecule has 0 unspecified atom stereocenters. The lowest BCUT2D eigenvalue weighted by atomic mass is 10.0. The van der Waals surface area contributed by atoms with Crippen LogP contribution in [-0.4, -0.2) is 0 Å². The molecule has 2 rings (SSSR count). The van der Waals surface area contributed by atoms with E-state index in [0.717, 1.165) is 12.1 Å². The number of aryl methyl sites for hydroxylation is 1. The molecule has 18 heavy (non-hydrogen) atoms. The van der Waals surface area contributed by atoms with Crippen molar-refractivity contribution in [1.82, 2.24) is 0 Å². The van der Waals surface area contributed by atoms with Gasteiger partial charge in [-0.1, -0.05) is 23.7 Å². The van der Waals surface area contributed by atoms with Crippen molar-refractivity contribution in [2.75, 3.05) is 5.73 Å². The summed E-state index contributed by atoms with van der Waals surface area (Å²) in [6.45, 7) is 1.43. The monoisotopic (exact) mass is 271 g/mol. The van der Waals surface area contributed by atoms with Gasteiger partial charge in [-0.05, 0) is 24.6 Å². The van der Waals surface area contributed by atoms with Gasteiger partial charge in [-0.15, -0.1) is 0 Å². The van der Waals surface area contributed by atoms with E-state index in [1.54, 1.807) is 0 Å². The molecule has 0 atom stereocenters. The molecular weight excluding hydrogens is 263 g/mol. The fourth-order valence-electron chi connectivity index (χ4n) is 1.66. The number of halogens is 4. The van der Waals surface area contributed by atoms with Crippen molar-refractivity contribution >= 4 is 17.3 Å². The van der Waals surface area contributed by atoms with E-state index in [1.807, 2.05) is 0 Å². The number of hydrogen-bond donors (Lipinski definition) is 1. The summed E-state index contributed by atoms with van der Waals surface area (Å²) >= 11 is 5.71. The number of benzene rings is 2. The Bertz CT molecular complexity index is 626. The second-order valence-corrected chi connectivity index (χ2v) is 4.31. The highest BCUT2D eigenvalue weighted by molar-refractivity contribution is 6.33. The average molecular weight is 272 g/mol. The van der Waals surface area contributed by atoms with Gasteiger partial charge in [-0.25, -0.2) is 13.2 Å². The van der Waals surface area contributed by atoms with Crippen LogP contribution in [0.1, 0.15) is 5.56 Å². The van der Waals surface area contributed by atoms with E-state index in [0.29, 0.717) is 0 Å². The van der Waals surface area contributed by atoms with Gasteiger partial charge in [0.1, 0.15) is 5.82 Å². The van der Waals surface area contributed by atoms with Gasteiger partial charge in [0.15, 0.2) is 11.6 Å². The first-order valence-electron chi connectivity index (χ1n) is 5.11. The Balaban J connectivity index is 2.74. The first-order chi connectivity index (χ1) is 8.41. The summed E-state index contributed by atoms with van der Waals surface area (Å²) in [7, 11) is 0. The van der Waals surface area contributed by atoms with Crippen LogP contribution in [0.4, 0.5) is 18.9 Å². The molecule has 0 aliphatic rings. The van der Waals surface area contributed by atoms with Crippen LogP contribution in [0.2, 0.25) is 5.02 Å². The summed E-state index contributed by atoms with van der Waals surface area (Å²) in [4.78, 5) is 0. The number of rotatable bonds is 1. The standard InChI is InChI=1S/C13H9ClF3N/c1-6-2-3-8(12(17)11(6)16)9-4-7(15)5-10(14)13(9)18/h2-5H,18H2,1H3. The molecule has 2 N–H and O–H groups in total. The summed E-state index contributed by atoms with van der Waals surface area (Å²) in [5, 5.41) is -0.0367. The summed E-state index contributed by atoms with van der Waals surface area (Å²) in [5.74, 6) is -2.71. The minimum Gasteiger partial charge on any atom is -0.397 e. The fourth-order valence-corrected chi connectivity index (χ4v) is 1.87. The lowest BCUT2D eigenvalue weighted by Crippen LogP contribution is -1.98. The fraction of sp³-hybridized carbons (Fsp3) is 0.0769. The van der Waals surface area contributed by atoms with Gasteiger partial charge in [-0.3, -0.25) is 0 Å². The first kappa shape index (κ1) is 12.8. The van der Waals surface area contributed by atoms with Crippen LogP contribution in [0.3, 0.4) is 0 Å². The molecule has 5 heteroatoms. The highest BCUT2D eigenvalue weighted by atomic mass is 35.5. The third-order valence-corrected chi connectivity index (χ3v) is 2.97. The Kier molecular flexibility index (Phi) is 3.22. The van der Waals surface area contributed by atoms with Crippen LogP contribution in [0, 0.1) is 24.4 Å². The van der Waals surface area contributed by atoms with E-state index < -0.39 is 17.5 Å². The zero-order valence-electron chi connectivity index (χ0n) is 9.40. The Morgan fingerprint density at radius 3 is 2.33 bits per heavy atom. The Morgan fingerprint density at radius 2 is 1.67 bits per heavy atom. The zero-order valence-corrected chi connectivity index (χ0v) is 10.2. The second kappa shape index (κ2) is 4.53.